The maximum atomic E-state index is 13.5. The number of ether oxygens (including phenoxy) is 1. The Kier molecular flexibility index (Phi) is 3.98. The molecule has 28 heavy (non-hydrogen) atoms. The Morgan fingerprint density at radius 3 is 2.71 bits per heavy atom. The number of rotatable bonds is 3. The highest BCUT2D eigenvalue weighted by Crippen LogP contribution is 2.31. The quantitative estimate of drug-likeness (QED) is 0.534. The normalized spacial score (nSPS) is 16.1. The van der Waals surface area contributed by atoms with E-state index in [9.17, 15) is 8.78 Å². The molecule has 3 heterocycles. The molecule has 1 aliphatic heterocycles. The highest BCUT2D eigenvalue weighted by molar-refractivity contribution is 5.59. The first-order valence-corrected chi connectivity index (χ1v) is 8.69. The van der Waals surface area contributed by atoms with Crippen LogP contribution in [0, 0.1) is 11.6 Å². The molecule has 0 radical (unpaired) electrons. The van der Waals surface area contributed by atoms with Crippen molar-refractivity contribution >= 4 is 0 Å². The molecule has 1 aliphatic rings. The minimum Gasteiger partial charge on any atom is -0.365 e. The molecule has 4 aromatic rings. The van der Waals surface area contributed by atoms with Crippen molar-refractivity contribution in [3.8, 4) is 23.0 Å². The van der Waals surface area contributed by atoms with Crippen molar-refractivity contribution in [1.82, 2.24) is 19.7 Å². The van der Waals surface area contributed by atoms with Crippen molar-refractivity contribution < 1.29 is 18.0 Å². The van der Waals surface area contributed by atoms with Crippen LogP contribution in [0.1, 0.15) is 17.4 Å². The van der Waals surface area contributed by atoms with E-state index in [1.54, 1.807) is 6.33 Å². The molecule has 1 atom stereocenters. The molecule has 5 rings (SSSR count). The fourth-order valence-electron chi connectivity index (χ4n) is 3.25. The second kappa shape index (κ2) is 6.65. The monoisotopic (exact) mass is 380 g/mol. The Balaban J connectivity index is 1.43. The van der Waals surface area contributed by atoms with E-state index < -0.39 is 11.6 Å². The van der Waals surface area contributed by atoms with Crippen molar-refractivity contribution in [2.45, 2.75) is 19.3 Å². The van der Waals surface area contributed by atoms with Gasteiger partial charge in [-0.25, -0.2) is 13.8 Å². The highest BCUT2D eigenvalue weighted by atomic mass is 19.2. The van der Waals surface area contributed by atoms with Gasteiger partial charge < -0.3 is 13.8 Å². The van der Waals surface area contributed by atoms with Gasteiger partial charge >= 0.3 is 0 Å². The third-order valence-electron chi connectivity index (χ3n) is 4.71. The van der Waals surface area contributed by atoms with Crippen molar-refractivity contribution in [2.24, 2.45) is 0 Å². The molecule has 0 fully saturated rings. The number of fused-ring (bicyclic) bond motifs is 1. The van der Waals surface area contributed by atoms with E-state index in [4.69, 9.17) is 9.26 Å². The zero-order chi connectivity index (χ0) is 19.1. The van der Waals surface area contributed by atoms with Gasteiger partial charge in [-0.05, 0) is 23.8 Å². The summed E-state index contributed by atoms with van der Waals surface area (Å²) >= 11 is 0. The average Bonchev–Trinajstić information content (AvgIpc) is 3.37. The second-order valence-corrected chi connectivity index (χ2v) is 6.45. The van der Waals surface area contributed by atoms with E-state index >= 15 is 0 Å². The van der Waals surface area contributed by atoms with Crippen LogP contribution in [-0.2, 0) is 17.9 Å². The van der Waals surface area contributed by atoms with Crippen LogP contribution in [0.15, 0.2) is 59.4 Å². The molecule has 8 heteroatoms. The number of hydrogen-bond donors (Lipinski definition) is 0. The third-order valence-corrected chi connectivity index (χ3v) is 4.71. The van der Waals surface area contributed by atoms with E-state index in [1.165, 1.54) is 6.07 Å². The molecule has 0 spiro atoms. The number of hydrogen-bond acceptors (Lipinski definition) is 5. The minimum absolute atomic E-state index is 0.0591. The van der Waals surface area contributed by atoms with E-state index in [-0.39, 0.29) is 17.8 Å². The minimum atomic E-state index is -0.969. The number of benzene rings is 2. The second-order valence-electron chi connectivity index (χ2n) is 6.45. The van der Waals surface area contributed by atoms with E-state index in [1.807, 2.05) is 34.9 Å². The summed E-state index contributed by atoms with van der Waals surface area (Å²) in [5, 5.41) is 3.86. The summed E-state index contributed by atoms with van der Waals surface area (Å²) in [5.74, 6) is -1.53. The van der Waals surface area contributed by atoms with Crippen molar-refractivity contribution in [1.29, 1.82) is 0 Å². The van der Waals surface area contributed by atoms with Crippen LogP contribution < -0.4 is 0 Å². The number of imidazole rings is 1. The van der Waals surface area contributed by atoms with Crippen LogP contribution in [0.25, 0.3) is 23.0 Å². The van der Waals surface area contributed by atoms with Crippen molar-refractivity contribution in [2.75, 3.05) is 0 Å². The fourth-order valence-corrected chi connectivity index (χ4v) is 3.25. The van der Waals surface area contributed by atoms with Crippen LogP contribution >= 0.6 is 0 Å². The molecule has 0 aliphatic carbocycles. The highest BCUT2D eigenvalue weighted by Gasteiger charge is 2.26. The molecular weight excluding hydrogens is 366 g/mol. The fraction of sp³-hybridized carbons (Fsp3) is 0.150. The number of nitrogens with zero attached hydrogens (tertiary/aromatic N) is 4. The molecule has 0 amide bonds. The van der Waals surface area contributed by atoms with Crippen molar-refractivity contribution in [3.05, 3.63) is 77.8 Å². The first-order valence-electron chi connectivity index (χ1n) is 8.69. The Morgan fingerprint density at radius 1 is 1.04 bits per heavy atom. The number of halogens is 2. The molecule has 0 bridgehead atoms. The number of aromatic nitrogens is 4. The topological polar surface area (TPSA) is 66.0 Å². The van der Waals surface area contributed by atoms with Crippen LogP contribution in [0.3, 0.4) is 0 Å². The predicted octanol–water partition coefficient (Wildman–Crippen LogP) is 4.15. The molecule has 0 saturated heterocycles. The zero-order valence-corrected chi connectivity index (χ0v) is 14.5. The summed E-state index contributed by atoms with van der Waals surface area (Å²) in [4.78, 5) is 8.67. The first kappa shape index (κ1) is 16.8. The smallest absolute Gasteiger partial charge is 0.278 e. The summed E-state index contributed by atoms with van der Waals surface area (Å²) < 4.78 is 39.9. The average molecular weight is 380 g/mol. The molecule has 140 valence electrons. The molecule has 2 aromatic carbocycles. The standard InChI is InChI=1S/C20H14F2N4O2/c21-14-7-6-13(8-15(14)22)19-24-20(28-25-19)18-16-10-27-17(9-26(16)11-23-18)12-4-2-1-3-5-12/h1-8,11,17H,9-10H2/t17-/m1/s1. The van der Waals surface area contributed by atoms with Gasteiger partial charge in [-0.3, -0.25) is 0 Å². The predicted molar refractivity (Wildman–Crippen MR) is 94.8 cm³/mol. The zero-order valence-electron chi connectivity index (χ0n) is 14.5. The van der Waals surface area contributed by atoms with Crippen LogP contribution in [0.5, 0.6) is 0 Å². The van der Waals surface area contributed by atoms with Gasteiger partial charge in [0.2, 0.25) is 5.82 Å². The summed E-state index contributed by atoms with van der Waals surface area (Å²) in [6.45, 7) is 0.967. The lowest BCUT2D eigenvalue weighted by Crippen LogP contribution is -2.20. The maximum absolute atomic E-state index is 13.5. The summed E-state index contributed by atoms with van der Waals surface area (Å²) in [7, 11) is 0. The van der Waals surface area contributed by atoms with E-state index in [0.717, 1.165) is 23.4 Å². The largest absolute Gasteiger partial charge is 0.365 e. The van der Waals surface area contributed by atoms with Gasteiger partial charge in [-0.2, -0.15) is 4.98 Å². The van der Waals surface area contributed by atoms with Gasteiger partial charge in [0.05, 0.1) is 25.2 Å². The molecule has 2 aromatic heterocycles. The van der Waals surface area contributed by atoms with E-state index in [2.05, 4.69) is 15.1 Å². The van der Waals surface area contributed by atoms with E-state index in [0.29, 0.717) is 24.4 Å². The lowest BCUT2D eigenvalue weighted by Gasteiger charge is -2.25. The molecular formula is C20H14F2N4O2. The van der Waals surface area contributed by atoms with Gasteiger partial charge in [-0.15, -0.1) is 0 Å². The van der Waals surface area contributed by atoms with Gasteiger partial charge in [0.15, 0.2) is 17.3 Å². The van der Waals surface area contributed by atoms with Gasteiger partial charge in [0.1, 0.15) is 6.10 Å². The molecule has 0 saturated carbocycles. The van der Waals surface area contributed by atoms with Gasteiger partial charge in [0, 0.05) is 5.56 Å². The summed E-state index contributed by atoms with van der Waals surface area (Å²) in [6, 6.07) is 13.4. The Bertz CT molecular complexity index is 1140. The Labute approximate surface area is 158 Å². The lowest BCUT2D eigenvalue weighted by atomic mass is 10.1. The Hall–Kier alpha value is -3.39. The summed E-state index contributed by atoms with van der Waals surface area (Å²) in [6.07, 6.45) is 1.65. The third kappa shape index (κ3) is 2.87. The molecule has 0 N–H and O–H groups in total. The maximum Gasteiger partial charge on any atom is 0.278 e. The van der Waals surface area contributed by atoms with Gasteiger partial charge in [-0.1, -0.05) is 35.5 Å². The van der Waals surface area contributed by atoms with Crippen LogP contribution in [-0.4, -0.2) is 19.7 Å². The molecule has 6 nitrogen and oxygen atoms in total. The van der Waals surface area contributed by atoms with Crippen LogP contribution in [0.2, 0.25) is 0 Å². The lowest BCUT2D eigenvalue weighted by molar-refractivity contribution is 0.00330. The van der Waals surface area contributed by atoms with Crippen LogP contribution in [0.4, 0.5) is 8.78 Å². The summed E-state index contributed by atoms with van der Waals surface area (Å²) in [5.41, 5.74) is 2.77. The van der Waals surface area contributed by atoms with Crippen molar-refractivity contribution in [3.63, 3.8) is 0 Å². The van der Waals surface area contributed by atoms with Gasteiger partial charge in [0.25, 0.3) is 5.89 Å². The Morgan fingerprint density at radius 2 is 1.89 bits per heavy atom. The SMILES string of the molecule is Fc1ccc(-c2noc(-c3ncn4c3CO[C@@H](c3ccccc3)C4)n2)cc1F. The first-order chi connectivity index (χ1) is 13.7. The molecule has 0 unspecified atom stereocenters.